The number of benzene rings is 1. The highest BCUT2D eigenvalue weighted by molar-refractivity contribution is 9.10. The molecule has 0 spiro atoms. The van der Waals surface area contributed by atoms with Crippen molar-refractivity contribution in [2.75, 3.05) is 12.8 Å². The predicted octanol–water partition coefficient (Wildman–Crippen LogP) is 3.61. The normalized spacial score (nSPS) is 10.8. The molecular formula is C14H13BrN2O. The van der Waals surface area contributed by atoms with Gasteiger partial charge in [0.2, 0.25) is 0 Å². The molecular weight excluding hydrogens is 292 g/mol. The number of aromatic nitrogens is 1. The Balaban J connectivity index is 2.33. The smallest absolute Gasteiger partial charge is 0.130 e. The maximum atomic E-state index is 5.81. The zero-order valence-corrected chi connectivity index (χ0v) is 11.5. The summed E-state index contributed by atoms with van der Waals surface area (Å²) >= 11 is 3.37. The van der Waals surface area contributed by atoms with E-state index in [1.807, 2.05) is 42.5 Å². The molecule has 1 heterocycles. The third-order valence-electron chi connectivity index (χ3n) is 2.50. The Hall–Kier alpha value is -1.81. The van der Waals surface area contributed by atoms with Crippen LogP contribution in [0.15, 0.2) is 41.0 Å². The van der Waals surface area contributed by atoms with E-state index in [1.165, 1.54) is 0 Å². The average molecular weight is 305 g/mol. The maximum Gasteiger partial charge on any atom is 0.130 e. The van der Waals surface area contributed by atoms with Gasteiger partial charge >= 0.3 is 0 Å². The second-order valence-corrected chi connectivity index (χ2v) is 4.62. The minimum Gasteiger partial charge on any atom is -0.496 e. The molecule has 92 valence electrons. The van der Waals surface area contributed by atoms with Crippen LogP contribution in [-0.4, -0.2) is 12.1 Å². The molecule has 0 aliphatic heterocycles. The van der Waals surface area contributed by atoms with Gasteiger partial charge in [0.05, 0.1) is 7.11 Å². The van der Waals surface area contributed by atoms with Crippen LogP contribution in [0.5, 0.6) is 5.75 Å². The number of halogens is 1. The van der Waals surface area contributed by atoms with Crippen LogP contribution in [-0.2, 0) is 0 Å². The topological polar surface area (TPSA) is 48.1 Å². The molecule has 0 radical (unpaired) electrons. The number of pyridine rings is 1. The maximum absolute atomic E-state index is 5.81. The van der Waals surface area contributed by atoms with Crippen LogP contribution in [0.3, 0.4) is 0 Å². The molecule has 2 rings (SSSR count). The van der Waals surface area contributed by atoms with Gasteiger partial charge < -0.3 is 10.5 Å². The highest BCUT2D eigenvalue weighted by Gasteiger charge is 2.00. The third-order valence-corrected chi connectivity index (χ3v) is 2.93. The van der Waals surface area contributed by atoms with Crippen LogP contribution in [0.4, 0.5) is 5.82 Å². The van der Waals surface area contributed by atoms with Gasteiger partial charge in [-0.25, -0.2) is 4.98 Å². The summed E-state index contributed by atoms with van der Waals surface area (Å²) in [7, 11) is 1.65. The molecule has 0 atom stereocenters. The Labute approximate surface area is 114 Å². The van der Waals surface area contributed by atoms with Gasteiger partial charge in [-0.15, -0.1) is 0 Å². The van der Waals surface area contributed by atoms with E-state index >= 15 is 0 Å². The summed E-state index contributed by atoms with van der Waals surface area (Å²) in [5.41, 5.74) is 7.68. The first-order chi connectivity index (χ1) is 8.70. The number of nitrogen functional groups attached to an aromatic ring is 1. The van der Waals surface area contributed by atoms with Crippen LogP contribution in [0.1, 0.15) is 11.1 Å². The number of nitrogens with two attached hydrogens (primary N) is 1. The van der Waals surface area contributed by atoms with Gasteiger partial charge in [-0.3, -0.25) is 0 Å². The lowest BCUT2D eigenvalue weighted by atomic mass is 10.1. The van der Waals surface area contributed by atoms with E-state index in [1.54, 1.807) is 13.3 Å². The van der Waals surface area contributed by atoms with Gasteiger partial charge in [0.1, 0.15) is 11.6 Å². The van der Waals surface area contributed by atoms with Crippen LogP contribution < -0.4 is 10.5 Å². The first kappa shape index (κ1) is 12.6. The molecule has 0 unspecified atom stereocenters. The van der Waals surface area contributed by atoms with Crippen molar-refractivity contribution >= 4 is 33.9 Å². The summed E-state index contributed by atoms with van der Waals surface area (Å²) in [6, 6.07) is 9.73. The van der Waals surface area contributed by atoms with Crippen molar-refractivity contribution in [2.45, 2.75) is 0 Å². The van der Waals surface area contributed by atoms with Crippen molar-refractivity contribution in [3.63, 3.8) is 0 Å². The number of methoxy groups -OCH3 is 1. The Morgan fingerprint density at radius 2 is 1.94 bits per heavy atom. The molecule has 0 aliphatic rings. The minimum atomic E-state index is 0.504. The fourth-order valence-corrected chi connectivity index (χ4v) is 1.93. The van der Waals surface area contributed by atoms with Crippen LogP contribution in [0, 0.1) is 0 Å². The quantitative estimate of drug-likeness (QED) is 0.942. The molecule has 0 bridgehead atoms. The number of rotatable bonds is 3. The minimum absolute atomic E-state index is 0.504. The predicted molar refractivity (Wildman–Crippen MR) is 78.3 cm³/mol. The van der Waals surface area contributed by atoms with Crippen molar-refractivity contribution in [1.82, 2.24) is 4.98 Å². The molecule has 18 heavy (non-hydrogen) atoms. The number of hydrogen-bond acceptors (Lipinski definition) is 3. The standard InChI is InChI=1S/C14H13BrN2O/c1-18-13-5-3-2-4-10(13)6-7-11-8-12(15)9-17-14(11)16/h2-9H,1H3,(H2,16,17)/b7-6+. The summed E-state index contributed by atoms with van der Waals surface area (Å²) in [6.07, 6.45) is 5.55. The van der Waals surface area contributed by atoms with E-state index in [2.05, 4.69) is 20.9 Å². The number of anilines is 1. The average Bonchev–Trinajstić information content (AvgIpc) is 2.40. The summed E-state index contributed by atoms with van der Waals surface area (Å²) in [5, 5.41) is 0. The lowest BCUT2D eigenvalue weighted by Gasteiger charge is -2.04. The van der Waals surface area contributed by atoms with E-state index in [0.717, 1.165) is 21.3 Å². The second-order valence-electron chi connectivity index (χ2n) is 3.70. The number of para-hydroxylation sites is 1. The van der Waals surface area contributed by atoms with Crippen LogP contribution in [0.2, 0.25) is 0 Å². The van der Waals surface area contributed by atoms with Gasteiger partial charge in [-0.05, 0) is 28.1 Å². The van der Waals surface area contributed by atoms with Crippen molar-refractivity contribution in [1.29, 1.82) is 0 Å². The largest absolute Gasteiger partial charge is 0.496 e. The lowest BCUT2D eigenvalue weighted by Crippen LogP contribution is -1.93. The molecule has 0 aliphatic carbocycles. The molecule has 2 N–H and O–H groups in total. The van der Waals surface area contributed by atoms with Gasteiger partial charge in [0.15, 0.2) is 0 Å². The fourth-order valence-electron chi connectivity index (χ4n) is 1.58. The molecule has 1 aromatic carbocycles. The SMILES string of the molecule is COc1ccccc1/C=C/c1cc(Br)cnc1N. The Kier molecular flexibility index (Phi) is 3.99. The van der Waals surface area contributed by atoms with Crippen molar-refractivity contribution in [2.24, 2.45) is 0 Å². The molecule has 4 heteroatoms. The summed E-state index contributed by atoms with van der Waals surface area (Å²) in [5.74, 6) is 1.33. The second kappa shape index (κ2) is 5.69. The Bertz CT molecular complexity index is 582. The monoisotopic (exact) mass is 304 g/mol. The summed E-state index contributed by atoms with van der Waals surface area (Å²) in [4.78, 5) is 4.08. The van der Waals surface area contributed by atoms with Gasteiger partial charge in [0.25, 0.3) is 0 Å². The highest BCUT2D eigenvalue weighted by atomic mass is 79.9. The third kappa shape index (κ3) is 2.90. The summed E-state index contributed by atoms with van der Waals surface area (Å²) in [6.45, 7) is 0. The van der Waals surface area contributed by atoms with E-state index < -0.39 is 0 Å². The molecule has 3 nitrogen and oxygen atoms in total. The highest BCUT2D eigenvalue weighted by Crippen LogP contribution is 2.22. The molecule has 1 aromatic heterocycles. The van der Waals surface area contributed by atoms with Crippen LogP contribution >= 0.6 is 15.9 Å². The fraction of sp³-hybridized carbons (Fsp3) is 0.0714. The zero-order chi connectivity index (χ0) is 13.0. The van der Waals surface area contributed by atoms with Crippen molar-refractivity contribution in [3.05, 3.63) is 52.1 Å². The Morgan fingerprint density at radius 3 is 2.72 bits per heavy atom. The van der Waals surface area contributed by atoms with Gasteiger partial charge in [-0.1, -0.05) is 30.4 Å². The number of ether oxygens (including phenoxy) is 1. The molecule has 2 aromatic rings. The zero-order valence-electron chi connectivity index (χ0n) is 9.93. The van der Waals surface area contributed by atoms with E-state index in [9.17, 15) is 0 Å². The van der Waals surface area contributed by atoms with Crippen LogP contribution in [0.25, 0.3) is 12.2 Å². The Morgan fingerprint density at radius 1 is 1.22 bits per heavy atom. The van der Waals surface area contributed by atoms with E-state index in [4.69, 9.17) is 10.5 Å². The molecule has 0 saturated carbocycles. The van der Waals surface area contributed by atoms with E-state index in [-0.39, 0.29) is 0 Å². The molecule has 0 amide bonds. The van der Waals surface area contributed by atoms with Gasteiger partial charge in [-0.2, -0.15) is 0 Å². The first-order valence-electron chi connectivity index (χ1n) is 5.43. The number of nitrogens with zero attached hydrogens (tertiary/aromatic N) is 1. The van der Waals surface area contributed by atoms with Gasteiger partial charge in [0, 0.05) is 21.8 Å². The van der Waals surface area contributed by atoms with E-state index in [0.29, 0.717) is 5.82 Å². The summed E-state index contributed by atoms with van der Waals surface area (Å²) < 4.78 is 6.18. The first-order valence-corrected chi connectivity index (χ1v) is 6.22. The molecule has 0 fully saturated rings. The van der Waals surface area contributed by atoms with Crippen molar-refractivity contribution < 1.29 is 4.74 Å². The number of hydrogen-bond donors (Lipinski definition) is 1. The lowest BCUT2D eigenvalue weighted by molar-refractivity contribution is 0.414. The van der Waals surface area contributed by atoms with Crippen molar-refractivity contribution in [3.8, 4) is 5.75 Å². The molecule has 0 saturated heterocycles.